The predicted octanol–water partition coefficient (Wildman–Crippen LogP) is 5.88. The van der Waals surface area contributed by atoms with Crippen molar-refractivity contribution in [1.82, 2.24) is 0 Å². The third kappa shape index (κ3) is 2.82. The Morgan fingerprint density at radius 3 is 1.42 bits per heavy atom. The molecule has 0 saturated carbocycles. The molecule has 0 saturated heterocycles. The zero-order valence-corrected chi connectivity index (χ0v) is 15.8. The molecule has 0 unspecified atom stereocenters. The fourth-order valence-corrected chi connectivity index (χ4v) is 7.89. The van der Waals surface area contributed by atoms with Crippen LogP contribution in [0.4, 0.5) is 0 Å². The summed E-state index contributed by atoms with van der Waals surface area (Å²) in [5.41, 5.74) is 10.0. The Labute approximate surface area is 130 Å². The van der Waals surface area contributed by atoms with Crippen molar-refractivity contribution in [2.75, 3.05) is 0 Å². The molecule has 0 aromatic rings. The summed E-state index contributed by atoms with van der Waals surface area (Å²) in [6.45, 7) is 14.0. The first-order chi connectivity index (χ1) is 8.99. The third-order valence-corrected chi connectivity index (χ3v) is 9.61. The first-order valence-corrected chi connectivity index (χ1v) is 9.99. The van der Waals surface area contributed by atoms with Crippen LogP contribution in [0.1, 0.15) is 67.2 Å². The van der Waals surface area contributed by atoms with Gasteiger partial charge in [0.2, 0.25) is 0 Å². The minimum absolute atomic E-state index is 0.592. The molecule has 2 rings (SSSR count). The summed E-state index contributed by atoms with van der Waals surface area (Å²) in [6.07, 6.45) is 5.02. The topological polar surface area (TPSA) is 0 Å². The standard InChI is InChI=1S/2C9H13.Zr/c2*1-4-9-5-7(2)8(3)6-9;/h2*4-5H2,1-3H3;. The number of allylic oxidation sites excluding steroid dienone is 8. The van der Waals surface area contributed by atoms with Gasteiger partial charge in [-0.3, -0.25) is 0 Å². The number of hydrogen-bond acceptors (Lipinski definition) is 0. The second-order valence-corrected chi connectivity index (χ2v) is 9.03. The Morgan fingerprint density at radius 1 is 0.737 bits per heavy atom. The van der Waals surface area contributed by atoms with E-state index < -0.39 is 23.2 Å². The molecule has 0 bridgehead atoms. The van der Waals surface area contributed by atoms with Crippen molar-refractivity contribution in [3.8, 4) is 0 Å². The van der Waals surface area contributed by atoms with Gasteiger partial charge in [0, 0.05) is 0 Å². The van der Waals surface area contributed by atoms with Crippen molar-refractivity contribution in [1.29, 1.82) is 0 Å². The molecule has 0 amide bonds. The SMILES string of the molecule is CCC1=[C]([Zr][C]2=C(CC)CC(C)=C2C)C(C)=C(C)C1. The maximum absolute atomic E-state index is 2.36. The van der Waals surface area contributed by atoms with Crippen LogP contribution in [0, 0.1) is 0 Å². The first-order valence-electron chi connectivity index (χ1n) is 7.54. The van der Waals surface area contributed by atoms with Gasteiger partial charge >= 0.3 is 130 Å². The zero-order valence-electron chi connectivity index (χ0n) is 13.3. The van der Waals surface area contributed by atoms with Gasteiger partial charge in [0.05, 0.1) is 0 Å². The van der Waals surface area contributed by atoms with Crippen LogP contribution in [0.25, 0.3) is 0 Å². The van der Waals surface area contributed by atoms with Gasteiger partial charge in [0.15, 0.2) is 0 Å². The molecule has 0 nitrogen and oxygen atoms in total. The fraction of sp³-hybridized carbons (Fsp3) is 0.556. The molecule has 102 valence electrons. The molecule has 1 heteroatoms. The Kier molecular flexibility index (Phi) is 4.88. The van der Waals surface area contributed by atoms with E-state index >= 15 is 0 Å². The molecule has 2 aliphatic carbocycles. The first kappa shape index (κ1) is 15.2. The third-order valence-electron chi connectivity index (χ3n) is 4.80. The molecule has 0 aromatic carbocycles. The molecule has 0 N–H and O–H groups in total. The summed E-state index contributed by atoms with van der Waals surface area (Å²) < 4.78 is 3.64. The van der Waals surface area contributed by atoms with Crippen molar-refractivity contribution in [3.05, 3.63) is 40.0 Å². The fourth-order valence-electron chi connectivity index (χ4n) is 3.13. The van der Waals surface area contributed by atoms with Gasteiger partial charge in [-0.2, -0.15) is 0 Å². The van der Waals surface area contributed by atoms with E-state index in [9.17, 15) is 0 Å². The summed E-state index contributed by atoms with van der Waals surface area (Å²) in [6, 6.07) is 0. The van der Waals surface area contributed by atoms with Crippen LogP contribution in [0.2, 0.25) is 0 Å². The van der Waals surface area contributed by atoms with Gasteiger partial charge in [-0.1, -0.05) is 0 Å². The molecular formula is C18H26Zr. The molecule has 0 radical (unpaired) electrons. The summed E-state index contributed by atoms with van der Waals surface area (Å²) in [5.74, 6) is 0. The number of hydrogen-bond donors (Lipinski definition) is 0. The summed E-state index contributed by atoms with van der Waals surface area (Å²) in [7, 11) is 0. The van der Waals surface area contributed by atoms with Crippen molar-refractivity contribution in [2.45, 2.75) is 67.2 Å². The maximum atomic E-state index is 2.36. The Morgan fingerprint density at radius 2 is 1.11 bits per heavy atom. The van der Waals surface area contributed by atoms with Crippen LogP contribution in [-0.2, 0) is 23.2 Å². The Balaban J connectivity index is 2.35. The van der Waals surface area contributed by atoms with Crippen LogP contribution in [0.15, 0.2) is 40.0 Å². The van der Waals surface area contributed by atoms with Gasteiger partial charge in [-0.05, 0) is 0 Å². The summed E-state index contributed by atoms with van der Waals surface area (Å²) in [4.78, 5) is 0. The van der Waals surface area contributed by atoms with E-state index in [2.05, 4.69) is 41.5 Å². The van der Waals surface area contributed by atoms with Crippen molar-refractivity contribution >= 4 is 0 Å². The van der Waals surface area contributed by atoms with Gasteiger partial charge < -0.3 is 0 Å². The molecule has 2 aliphatic rings. The molecule has 0 atom stereocenters. The molecule has 0 spiro atoms. The second kappa shape index (κ2) is 6.08. The quantitative estimate of drug-likeness (QED) is 0.603. The molecular weight excluding hydrogens is 307 g/mol. The Bertz CT molecular complexity index is 476. The van der Waals surface area contributed by atoms with Crippen molar-refractivity contribution < 1.29 is 23.2 Å². The van der Waals surface area contributed by atoms with Gasteiger partial charge in [-0.15, -0.1) is 0 Å². The van der Waals surface area contributed by atoms with Crippen molar-refractivity contribution in [2.24, 2.45) is 0 Å². The van der Waals surface area contributed by atoms with E-state index in [0.29, 0.717) is 0 Å². The van der Waals surface area contributed by atoms with Crippen LogP contribution < -0.4 is 0 Å². The van der Waals surface area contributed by atoms with E-state index in [4.69, 9.17) is 0 Å². The van der Waals surface area contributed by atoms with E-state index in [0.717, 1.165) is 0 Å². The summed E-state index contributed by atoms with van der Waals surface area (Å²) in [5, 5.41) is 0. The molecule has 0 heterocycles. The predicted molar refractivity (Wildman–Crippen MR) is 80.6 cm³/mol. The van der Waals surface area contributed by atoms with E-state index in [-0.39, 0.29) is 0 Å². The average molecular weight is 334 g/mol. The number of rotatable bonds is 4. The van der Waals surface area contributed by atoms with Gasteiger partial charge in [0.25, 0.3) is 0 Å². The van der Waals surface area contributed by atoms with Crippen LogP contribution in [0.3, 0.4) is 0 Å². The van der Waals surface area contributed by atoms with E-state index in [1.54, 1.807) is 33.4 Å². The van der Waals surface area contributed by atoms with Crippen LogP contribution in [0.5, 0.6) is 0 Å². The molecule has 0 aromatic heterocycles. The average Bonchev–Trinajstić information content (AvgIpc) is 2.83. The van der Waals surface area contributed by atoms with Crippen LogP contribution in [-0.4, -0.2) is 0 Å². The van der Waals surface area contributed by atoms with Crippen LogP contribution >= 0.6 is 0 Å². The normalized spacial score (nSPS) is 20.3. The molecule has 0 fully saturated rings. The molecule has 19 heavy (non-hydrogen) atoms. The zero-order chi connectivity index (χ0) is 14.2. The molecule has 0 aliphatic heterocycles. The van der Waals surface area contributed by atoms with E-state index in [1.165, 1.54) is 25.7 Å². The monoisotopic (exact) mass is 332 g/mol. The Hall–Kier alpha value is -0.157. The van der Waals surface area contributed by atoms with Gasteiger partial charge in [0.1, 0.15) is 0 Å². The van der Waals surface area contributed by atoms with Gasteiger partial charge in [-0.25, -0.2) is 0 Å². The van der Waals surface area contributed by atoms with Crippen molar-refractivity contribution in [3.63, 3.8) is 0 Å². The summed E-state index contributed by atoms with van der Waals surface area (Å²) >= 11 is -0.592. The minimum atomic E-state index is -0.592. The van der Waals surface area contributed by atoms with E-state index in [1.807, 2.05) is 6.56 Å². The second-order valence-electron chi connectivity index (χ2n) is 5.95.